The summed E-state index contributed by atoms with van der Waals surface area (Å²) in [4.78, 5) is 34.3. The summed E-state index contributed by atoms with van der Waals surface area (Å²) >= 11 is 0. The van der Waals surface area contributed by atoms with Gasteiger partial charge in [0.1, 0.15) is 12.6 Å². The topological polar surface area (TPSA) is 105 Å². The van der Waals surface area contributed by atoms with E-state index in [0.717, 1.165) is 11.1 Å². The van der Waals surface area contributed by atoms with Crippen molar-refractivity contribution in [2.24, 2.45) is 0 Å². The molecule has 0 aromatic heterocycles. The standard InChI is InChI=1S/C22H24N2O5/c1-14(21(26)27)24-20(25)11-6-12-23-22(28)29-13-19-17-9-4-2-7-15(17)16-8-3-5-10-18(16)19/h2-5,7-10,14,19H,6,11-13H2,1H3,(H,23,28)(H,24,25)(H,26,27). The molecular weight excluding hydrogens is 372 g/mol. The molecule has 152 valence electrons. The molecule has 2 aromatic carbocycles. The number of benzene rings is 2. The number of carbonyl (C=O) groups is 3. The first-order chi connectivity index (χ1) is 14.0. The van der Waals surface area contributed by atoms with Crippen molar-refractivity contribution in [1.29, 1.82) is 0 Å². The fourth-order valence-corrected chi connectivity index (χ4v) is 3.46. The van der Waals surface area contributed by atoms with Crippen molar-refractivity contribution in [2.75, 3.05) is 13.2 Å². The summed E-state index contributed by atoms with van der Waals surface area (Å²) in [5.74, 6) is -1.46. The van der Waals surface area contributed by atoms with Crippen LogP contribution in [0.5, 0.6) is 0 Å². The number of hydrogen-bond acceptors (Lipinski definition) is 4. The van der Waals surface area contributed by atoms with Crippen LogP contribution in [0.4, 0.5) is 4.79 Å². The molecule has 7 heteroatoms. The van der Waals surface area contributed by atoms with Gasteiger partial charge in [-0.1, -0.05) is 48.5 Å². The fraction of sp³-hybridized carbons (Fsp3) is 0.318. The minimum atomic E-state index is -1.09. The van der Waals surface area contributed by atoms with Crippen molar-refractivity contribution >= 4 is 18.0 Å². The van der Waals surface area contributed by atoms with Crippen molar-refractivity contribution in [2.45, 2.75) is 31.7 Å². The molecule has 0 saturated carbocycles. The highest BCUT2D eigenvalue weighted by molar-refractivity contribution is 5.83. The number of alkyl carbamates (subject to hydrolysis) is 1. The van der Waals surface area contributed by atoms with E-state index in [0.29, 0.717) is 6.42 Å². The van der Waals surface area contributed by atoms with E-state index in [2.05, 4.69) is 34.9 Å². The summed E-state index contributed by atoms with van der Waals surface area (Å²) in [7, 11) is 0. The van der Waals surface area contributed by atoms with Gasteiger partial charge in [-0.25, -0.2) is 4.79 Å². The molecule has 2 amide bonds. The molecule has 29 heavy (non-hydrogen) atoms. The van der Waals surface area contributed by atoms with E-state index >= 15 is 0 Å². The second kappa shape index (κ2) is 9.23. The van der Waals surface area contributed by atoms with Crippen LogP contribution in [0.2, 0.25) is 0 Å². The maximum absolute atomic E-state index is 12.0. The molecule has 0 saturated heterocycles. The number of amides is 2. The molecule has 3 rings (SSSR count). The predicted octanol–water partition coefficient (Wildman–Crippen LogP) is 2.89. The van der Waals surface area contributed by atoms with Gasteiger partial charge in [0.05, 0.1) is 0 Å². The number of carboxylic acids is 1. The number of carbonyl (C=O) groups excluding carboxylic acids is 2. The Morgan fingerprint density at radius 1 is 1.03 bits per heavy atom. The molecule has 1 aliphatic rings. The Hall–Kier alpha value is -3.35. The molecule has 3 N–H and O–H groups in total. The third kappa shape index (κ3) is 4.93. The number of nitrogens with one attached hydrogen (secondary N) is 2. The fourth-order valence-electron chi connectivity index (χ4n) is 3.46. The lowest BCUT2D eigenvalue weighted by atomic mass is 9.98. The third-order valence-electron chi connectivity index (χ3n) is 4.94. The van der Waals surface area contributed by atoms with Crippen LogP contribution in [0.25, 0.3) is 11.1 Å². The van der Waals surface area contributed by atoms with E-state index in [9.17, 15) is 14.4 Å². The highest BCUT2D eigenvalue weighted by Crippen LogP contribution is 2.44. The lowest BCUT2D eigenvalue weighted by Crippen LogP contribution is -2.38. The quantitative estimate of drug-likeness (QED) is 0.595. The van der Waals surface area contributed by atoms with Gasteiger partial charge in [-0.05, 0) is 35.6 Å². The maximum atomic E-state index is 12.0. The number of carboxylic acid groups (broad SMARTS) is 1. The molecule has 7 nitrogen and oxygen atoms in total. The maximum Gasteiger partial charge on any atom is 0.407 e. The van der Waals surface area contributed by atoms with E-state index in [4.69, 9.17) is 9.84 Å². The Bertz CT molecular complexity index is 866. The Kier molecular flexibility index (Phi) is 6.49. The number of hydrogen-bond donors (Lipinski definition) is 3. The lowest BCUT2D eigenvalue weighted by molar-refractivity contribution is -0.141. The van der Waals surface area contributed by atoms with Crippen LogP contribution in [0, 0.1) is 0 Å². The van der Waals surface area contributed by atoms with Crippen molar-refractivity contribution in [3.8, 4) is 11.1 Å². The van der Waals surface area contributed by atoms with E-state index in [1.165, 1.54) is 18.1 Å². The van der Waals surface area contributed by atoms with Gasteiger partial charge < -0.3 is 20.5 Å². The van der Waals surface area contributed by atoms with Crippen LogP contribution in [-0.2, 0) is 14.3 Å². The first-order valence-electron chi connectivity index (χ1n) is 9.58. The van der Waals surface area contributed by atoms with Gasteiger partial charge >= 0.3 is 12.1 Å². The minimum absolute atomic E-state index is 0.00330. The summed E-state index contributed by atoms with van der Waals surface area (Å²) in [5, 5.41) is 13.8. The summed E-state index contributed by atoms with van der Waals surface area (Å²) in [6.07, 6.45) is -0.0184. The molecule has 0 aliphatic heterocycles. The normalized spacial score (nSPS) is 13.1. The van der Waals surface area contributed by atoms with Crippen molar-refractivity contribution in [3.05, 3.63) is 59.7 Å². The summed E-state index contributed by atoms with van der Waals surface area (Å²) in [6, 6.07) is 15.3. The van der Waals surface area contributed by atoms with Crippen molar-refractivity contribution in [1.82, 2.24) is 10.6 Å². The van der Waals surface area contributed by atoms with E-state index in [-0.39, 0.29) is 31.4 Å². The van der Waals surface area contributed by atoms with E-state index < -0.39 is 18.1 Å². The van der Waals surface area contributed by atoms with Crippen LogP contribution in [0.3, 0.4) is 0 Å². The second-order valence-corrected chi connectivity index (χ2v) is 6.98. The molecule has 0 radical (unpaired) electrons. The van der Waals surface area contributed by atoms with Gasteiger partial charge in [0, 0.05) is 18.9 Å². The van der Waals surface area contributed by atoms with Gasteiger partial charge in [-0.3, -0.25) is 9.59 Å². The van der Waals surface area contributed by atoms with Crippen LogP contribution in [0.1, 0.15) is 36.8 Å². The number of aliphatic carboxylic acids is 1. The highest BCUT2D eigenvalue weighted by atomic mass is 16.5. The number of ether oxygens (including phenoxy) is 1. The van der Waals surface area contributed by atoms with Crippen LogP contribution >= 0.6 is 0 Å². The van der Waals surface area contributed by atoms with Crippen molar-refractivity contribution < 1.29 is 24.2 Å². The van der Waals surface area contributed by atoms with Crippen LogP contribution < -0.4 is 10.6 Å². The smallest absolute Gasteiger partial charge is 0.407 e. The largest absolute Gasteiger partial charge is 0.480 e. The third-order valence-corrected chi connectivity index (χ3v) is 4.94. The Labute approximate surface area is 169 Å². The Morgan fingerprint density at radius 3 is 2.21 bits per heavy atom. The summed E-state index contributed by atoms with van der Waals surface area (Å²) in [5.41, 5.74) is 4.62. The summed E-state index contributed by atoms with van der Waals surface area (Å²) < 4.78 is 5.41. The molecule has 0 heterocycles. The molecule has 1 aliphatic carbocycles. The highest BCUT2D eigenvalue weighted by Gasteiger charge is 2.28. The number of fused-ring (bicyclic) bond motifs is 3. The average molecular weight is 396 g/mol. The van der Waals surface area contributed by atoms with Crippen molar-refractivity contribution in [3.63, 3.8) is 0 Å². The van der Waals surface area contributed by atoms with E-state index in [1.54, 1.807) is 0 Å². The van der Waals surface area contributed by atoms with Crippen LogP contribution in [0.15, 0.2) is 48.5 Å². The van der Waals surface area contributed by atoms with E-state index in [1.807, 2.05) is 24.3 Å². The van der Waals surface area contributed by atoms with Crippen LogP contribution in [-0.4, -0.2) is 42.3 Å². The molecule has 2 aromatic rings. The molecular formula is C22H24N2O5. The minimum Gasteiger partial charge on any atom is -0.480 e. The molecule has 0 spiro atoms. The Balaban J connectivity index is 1.45. The zero-order valence-electron chi connectivity index (χ0n) is 16.2. The first-order valence-corrected chi connectivity index (χ1v) is 9.58. The molecule has 1 unspecified atom stereocenters. The zero-order chi connectivity index (χ0) is 20.8. The van der Waals surface area contributed by atoms with Gasteiger partial charge in [0.25, 0.3) is 0 Å². The Morgan fingerprint density at radius 2 is 1.62 bits per heavy atom. The SMILES string of the molecule is CC(NC(=O)CCCNC(=O)OCC1c2ccccc2-c2ccccc21)C(=O)O. The predicted molar refractivity (Wildman–Crippen MR) is 108 cm³/mol. The number of rotatable bonds is 8. The first kappa shape index (κ1) is 20.4. The van der Waals surface area contributed by atoms with Gasteiger partial charge in [-0.2, -0.15) is 0 Å². The average Bonchev–Trinajstić information content (AvgIpc) is 3.03. The van der Waals surface area contributed by atoms with Gasteiger partial charge in [0.15, 0.2) is 0 Å². The van der Waals surface area contributed by atoms with Gasteiger partial charge in [0.2, 0.25) is 5.91 Å². The molecule has 0 bridgehead atoms. The second-order valence-electron chi connectivity index (χ2n) is 6.98. The molecule has 0 fully saturated rings. The van der Waals surface area contributed by atoms with Gasteiger partial charge in [-0.15, -0.1) is 0 Å². The monoisotopic (exact) mass is 396 g/mol. The molecule has 1 atom stereocenters. The lowest BCUT2D eigenvalue weighted by Gasteiger charge is -2.14. The summed E-state index contributed by atoms with van der Waals surface area (Å²) in [6.45, 7) is 1.90. The zero-order valence-corrected chi connectivity index (χ0v) is 16.2.